The van der Waals surface area contributed by atoms with Gasteiger partial charge in [0.05, 0.1) is 6.08 Å². The molecule has 0 unspecified atom stereocenters. The number of aliphatic carboxylic acids is 1. The summed E-state index contributed by atoms with van der Waals surface area (Å²) in [6.07, 6.45) is 1.05. The zero-order chi connectivity index (χ0) is 9.07. The van der Waals surface area contributed by atoms with Gasteiger partial charge in [-0.05, 0) is 27.7 Å². The minimum atomic E-state index is -0.980. The lowest BCUT2D eigenvalue weighted by Gasteiger charge is -2.21. The topological polar surface area (TPSA) is 46.5 Å². The van der Waals surface area contributed by atoms with Crippen molar-refractivity contribution in [3.05, 3.63) is 11.8 Å². The number of carboxylic acids is 1. The number of allylic oxidation sites excluding steroid dienone is 1. The SMILES string of the molecule is C/C(=C\C(=O)O)OC(C)(C)C. The molecule has 0 amide bonds. The number of hydrogen-bond donors (Lipinski definition) is 1. The quantitative estimate of drug-likeness (QED) is 0.492. The first-order chi connectivity index (χ1) is 4.81. The fraction of sp³-hybridized carbons (Fsp3) is 0.625. The molecular weight excluding hydrogens is 144 g/mol. The van der Waals surface area contributed by atoms with Gasteiger partial charge in [-0.15, -0.1) is 0 Å². The second-order valence-corrected chi connectivity index (χ2v) is 3.31. The van der Waals surface area contributed by atoms with Crippen molar-refractivity contribution in [3.8, 4) is 0 Å². The van der Waals surface area contributed by atoms with Crippen molar-refractivity contribution in [1.82, 2.24) is 0 Å². The summed E-state index contributed by atoms with van der Waals surface area (Å²) in [5.74, 6) is -0.559. The number of rotatable bonds is 2. The van der Waals surface area contributed by atoms with E-state index < -0.39 is 5.97 Å². The average molecular weight is 158 g/mol. The maximum absolute atomic E-state index is 10.1. The van der Waals surface area contributed by atoms with E-state index in [1.54, 1.807) is 6.92 Å². The zero-order valence-electron chi connectivity index (χ0n) is 7.34. The third-order valence-electron chi connectivity index (χ3n) is 0.794. The third-order valence-corrected chi connectivity index (χ3v) is 0.794. The van der Waals surface area contributed by atoms with E-state index in [-0.39, 0.29) is 5.60 Å². The Bertz CT molecular complexity index is 174. The summed E-state index contributed by atoms with van der Waals surface area (Å²) in [4.78, 5) is 10.1. The molecule has 0 saturated heterocycles. The molecule has 0 bridgehead atoms. The highest BCUT2D eigenvalue weighted by atomic mass is 16.5. The van der Waals surface area contributed by atoms with Gasteiger partial charge in [0.25, 0.3) is 0 Å². The number of hydrogen-bond acceptors (Lipinski definition) is 2. The van der Waals surface area contributed by atoms with Gasteiger partial charge in [-0.3, -0.25) is 0 Å². The van der Waals surface area contributed by atoms with E-state index in [2.05, 4.69) is 0 Å². The van der Waals surface area contributed by atoms with Crippen LogP contribution < -0.4 is 0 Å². The summed E-state index contributed by atoms with van der Waals surface area (Å²) in [6.45, 7) is 7.23. The second kappa shape index (κ2) is 3.42. The molecule has 0 aromatic rings. The summed E-state index contributed by atoms with van der Waals surface area (Å²) in [6, 6.07) is 0. The maximum Gasteiger partial charge on any atom is 0.331 e. The van der Waals surface area contributed by atoms with E-state index in [4.69, 9.17) is 9.84 Å². The van der Waals surface area contributed by atoms with Gasteiger partial charge < -0.3 is 9.84 Å². The van der Waals surface area contributed by atoms with Gasteiger partial charge >= 0.3 is 5.97 Å². The van der Waals surface area contributed by atoms with Crippen molar-refractivity contribution in [2.24, 2.45) is 0 Å². The first kappa shape index (κ1) is 10.0. The Kier molecular flexibility index (Phi) is 3.11. The Morgan fingerprint density at radius 3 is 2.18 bits per heavy atom. The van der Waals surface area contributed by atoms with Crippen LogP contribution in [0.15, 0.2) is 11.8 Å². The van der Waals surface area contributed by atoms with Crippen LogP contribution in [0.25, 0.3) is 0 Å². The van der Waals surface area contributed by atoms with Crippen molar-refractivity contribution < 1.29 is 14.6 Å². The molecule has 3 heteroatoms. The Hall–Kier alpha value is -0.990. The second-order valence-electron chi connectivity index (χ2n) is 3.31. The molecule has 64 valence electrons. The molecule has 3 nitrogen and oxygen atoms in total. The van der Waals surface area contributed by atoms with Crippen LogP contribution in [-0.2, 0) is 9.53 Å². The normalized spacial score (nSPS) is 12.9. The molecule has 0 fully saturated rings. The number of carbonyl (C=O) groups is 1. The highest BCUT2D eigenvalue weighted by Gasteiger charge is 2.11. The lowest BCUT2D eigenvalue weighted by molar-refractivity contribution is -0.131. The molecule has 0 aliphatic heterocycles. The van der Waals surface area contributed by atoms with Crippen molar-refractivity contribution in [2.75, 3.05) is 0 Å². The predicted octanol–water partition coefficient (Wildman–Crippen LogP) is 1.79. The summed E-state index contributed by atoms with van der Waals surface area (Å²) >= 11 is 0. The van der Waals surface area contributed by atoms with Crippen LogP contribution in [0, 0.1) is 0 Å². The van der Waals surface area contributed by atoms with E-state index in [1.165, 1.54) is 0 Å². The molecule has 0 radical (unpaired) electrons. The van der Waals surface area contributed by atoms with E-state index >= 15 is 0 Å². The van der Waals surface area contributed by atoms with E-state index in [1.807, 2.05) is 20.8 Å². The largest absolute Gasteiger partial charge is 0.493 e. The first-order valence-electron chi connectivity index (χ1n) is 3.41. The van der Waals surface area contributed by atoms with Crippen LogP contribution in [0.2, 0.25) is 0 Å². The molecule has 0 aromatic carbocycles. The van der Waals surface area contributed by atoms with Crippen LogP contribution in [-0.4, -0.2) is 16.7 Å². The van der Waals surface area contributed by atoms with Crippen molar-refractivity contribution in [3.63, 3.8) is 0 Å². The smallest absolute Gasteiger partial charge is 0.331 e. The van der Waals surface area contributed by atoms with Gasteiger partial charge in [-0.25, -0.2) is 4.79 Å². The molecule has 0 spiro atoms. The predicted molar refractivity (Wildman–Crippen MR) is 42.2 cm³/mol. The Balaban J connectivity index is 4.07. The van der Waals surface area contributed by atoms with Crippen LogP contribution in [0.1, 0.15) is 27.7 Å². The molecule has 0 heterocycles. The van der Waals surface area contributed by atoms with Crippen LogP contribution in [0.5, 0.6) is 0 Å². The van der Waals surface area contributed by atoms with Gasteiger partial charge in [0, 0.05) is 0 Å². The zero-order valence-corrected chi connectivity index (χ0v) is 7.34. The standard InChI is InChI=1S/C8H14O3/c1-6(5-7(9)10)11-8(2,3)4/h5H,1-4H3,(H,9,10)/b6-5+. The molecule has 0 aromatic heterocycles. The lowest BCUT2D eigenvalue weighted by atomic mass is 10.2. The third kappa shape index (κ3) is 6.90. The molecule has 0 rings (SSSR count). The minimum Gasteiger partial charge on any atom is -0.493 e. The van der Waals surface area contributed by atoms with Gasteiger partial charge in [-0.2, -0.15) is 0 Å². The molecule has 0 atom stereocenters. The number of ether oxygens (including phenoxy) is 1. The van der Waals surface area contributed by atoms with Crippen molar-refractivity contribution in [2.45, 2.75) is 33.3 Å². The molecule has 11 heavy (non-hydrogen) atoms. The summed E-state index contributed by atoms with van der Waals surface area (Å²) in [5.41, 5.74) is -0.323. The van der Waals surface area contributed by atoms with Crippen molar-refractivity contribution >= 4 is 5.97 Å². The first-order valence-corrected chi connectivity index (χ1v) is 3.41. The molecule has 0 aliphatic carbocycles. The highest BCUT2D eigenvalue weighted by molar-refractivity contribution is 5.80. The van der Waals surface area contributed by atoms with Gasteiger partial charge in [-0.1, -0.05) is 0 Å². The molecule has 0 aliphatic rings. The molecular formula is C8H14O3. The minimum absolute atomic E-state index is 0.323. The molecule has 0 saturated carbocycles. The van der Waals surface area contributed by atoms with E-state index in [9.17, 15) is 4.79 Å². The number of carboxylic acid groups (broad SMARTS) is 1. The van der Waals surface area contributed by atoms with Crippen LogP contribution >= 0.6 is 0 Å². The fourth-order valence-corrected chi connectivity index (χ4v) is 0.686. The average Bonchev–Trinajstić information content (AvgIpc) is 1.53. The monoisotopic (exact) mass is 158 g/mol. The van der Waals surface area contributed by atoms with Gasteiger partial charge in [0.15, 0.2) is 0 Å². The summed E-state index contributed by atoms with van der Waals surface area (Å²) in [7, 11) is 0. The fourth-order valence-electron chi connectivity index (χ4n) is 0.686. The Morgan fingerprint density at radius 1 is 1.45 bits per heavy atom. The highest BCUT2D eigenvalue weighted by Crippen LogP contribution is 2.12. The lowest BCUT2D eigenvalue weighted by Crippen LogP contribution is -2.18. The van der Waals surface area contributed by atoms with Gasteiger partial charge in [0.1, 0.15) is 11.4 Å². The van der Waals surface area contributed by atoms with E-state index in [0.29, 0.717) is 5.76 Å². The Labute approximate surface area is 66.7 Å². The summed E-state index contributed by atoms with van der Waals surface area (Å²) < 4.78 is 5.23. The van der Waals surface area contributed by atoms with E-state index in [0.717, 1.165) is 6.08 Å². The summed E-state index contributed by atoms with van der Waals surface area (Å²) in [5, 5.41) is 8.32. The van der Waals surface area contributed by atoms with Crippen molar-refractivity contribution in [1.29, 1.82) is 0 Å². The Morgan fingerprint density at radius 2 is 1.91 bits per heavy atom. The van der Waals surface area contributed by atoms with Crippen LogP contribution in [0.3, 0.4) is 0 Å². The van der Waals surface area contributed by atoms with Crippen LogP contribution in [0.4, 0.5) is 0 Å². The molecule has 1 N–H and O–H groups in total. The van der Waals surface area contributed by atoms with Gasteiger partial charge in [0.2, 0.25) is 0 Å². The maximum atomic E-state index is 10.1.